The Balaban J connectivity index is 1.95. The molecule has 2 fully saturated rings. The van der Waals surface area contributed by atoms with E-state index in [1.54, 1.807) is 0 Å². The Kier molecular flexibility index (Phi) is 3.60. The lowest BCUT2D eigenvalue weighted by molar-refractivity contribution is -0.119. The van der Waals surface area contributed by atoms with Crippen LogP contribution in [-0.4, -0.2) is 41.5 Å². The summed E-state index contributed by atoms with van der Waals surface area (Å²) in [5.41, 5.74) is -0.663. The average molecular weight is 239 g/mol. The van der Waals surface area contributed by atoms with Crippen molar-refractivity contribution in [2.24, 2.45) is 11.3 Å². The monoisotopic (exact) mass is 239 g/mol. The lowest BCUT2D eigenvalue weighted by atomic mass is 9.71. The highest BCUT2D eigenvalue weighted by Gasteiger charge is 2.43. The first kappa shape index (κ1) is 13.0. The molecule has 0 aromatic carbocycles. The highest BCUT2D eigenvalue weighted by molar-refractivity contribution is 5.58. The van der Waals surface area contributed by atoms with E-state index in [-0.39, 0.29) is 5.41 Å². The summed E-state index contributed by atoms with van der Waals surface area (Å²) in [5.74, 6) is 0.424. The lowest BCUT2D eigenvalue weighted by Gasteiger charge is -2.48. The van der Waals surface area contributed by atoms with Gasteiger partial charge in [-0.25, -0.2) is 0 Å². The molecule has 1 N–H and O–H groups in total. The molecule has 1 heterocycles. The minimum atomic E-state index is -0.403. The Morgan fingerprint density at radius 3 is 2.88 bits per heavy atom. The van der Waals surface area contributed by atoms with Crippen LogP contribution in [0.4, 0.5) is 0 Å². The quantitative estimate of drug-likeness (QED) is 0.764. The van der Waals surface area contributed by atoms with Gasteiger partial charge in [-0.15, -0.1) is 0 Å². The van der Waals surface area contributed by atoms with Gasteiger partial charge in [-0.1, -0.05) is 26.7 Å². The van der Waals surface area contributed by atoms with Gasteiger partial charge in [0.25, 0.3) is 0 Å². The fourth-order valence-corrected chi connectivity index (χ4v) is 3.40. The molecule has 2 unspecified atom stereocenters. The van der Waals surface area contributed by atoms with Crippen LogP contribution in [0.1, 0.15) is 46.0 Å². The predicted octanol–water partition coefficient (Wildman–Crippen LogP) is 1.84. The van der Waals surface area contributed by atoms with Crippen LogP contribution in [0.25, 0.3) is 0 Å². The number of nitrogens with zero attached hydrogens (tertiary/aromatic N) is 1. The zero-order valence-corrected chi connectivity index (χ0v) is 11.1. The van der Waals surface area contributed by atoms with Gasteiger partial charge in [0.1, 0.15) is 6.29 Å². The first-order chi connectivity index (χ1) is 7.95. The van der Waals surface area contributed by atoms with Gasteiger partial charge >= 0.3 is 0 Å². The molecule has 1 aliphatic heterocycles. The van der Waals surface area contributed by atoms with Crippen LogP contribution >= 0.6 is 0 Å². The summed E-state index contributed by atoms with van der Waals surface area (Å²) in [7, 11) is 0. The van der Waals surface area contributed by atoms with Crippen LogP contribution in [-0.2, 0) is 4.79 Å². The van der Waals surface area contributed by atoms with Crippen molar-refractivity contribution < 1.29 is 9.90 Å². The zero-order chi connectivity index (χ0) is 12.5. The Morgan fingerprint density at radius 1 is 1.41 bits per heavy atom. The van der Waals surface area contributed by atoms with Gasteiger partial charge in [-0.2, -0.15) is 0 Å². The second-order valence-corrected chi connectivity index (χ2v) is 6.64. The van der Waals surface area contributed by atoms with Crippen LogP contribution in [0, 0.1) is 11.3 Å². The Labute approximate surface area is 104 Å². The average Bonchev–Trinajstić information content (AvgIpc) is 2.29. The maximum atomic E-state index is 11.0. The molecular formula is C14H25NO2. The largest absolute Gasteiger partial charge is 0.390 e. The minimum absolute atomic E-state index is 0.260. The van der Waals surface area contributed by atoms with Gasteiger partial charge in [0.15, 0.2) is 0 Å². The summed E-state index contributed by atoms with van der Waals surface area (Å²) in [6, 6.07) is 0. The van der Waals surface area contributed by atoms with E-state index in [0.717, 1.165) is 45.2 Å². The van der Waals surface area contributed by atoms with E-state index in [9.17, 15) is 9.90 Å². The van der Waals surface area contributed by atoms with Crippen molar-refractivity contribution in [2.75, 3.05) is 19.6 Å². The summed E-state index contributed by atoms with van der Waals surface area (Å²) in [4.78, 5) is 13.3. The van der Waals surface area contributed by atoms with Crippen molar-refractivity contribution >= 4 is 6.29 Å². The molecule has 0 amide bonds. The second kappa shape index (κ2) is 4.69. The Bertz CT molecular complexity index is 290. The molecule has 3 heteroatoms. The number of carbonyl (C=O) groups is 1. The number of fused-ring (bicyclic) bond motifs is 1. The molecule has 98 valence electrons. The molecule has 0 spiro atoms. The van der Waals surface area contributed by atoms with Crippen LogP contribution in [0.5, 0.6) is 0 Å². The fraction of sp³-hybridized carbons (Fsp3) is 0.929. The molecular weight excluding hydrogens is 214 g/mol. The molecule has 2 atom stereocenters. The first-order valence-corrected chi connectivity index (χ1v) is 6.86. The van der Waals surface area contributed by atoms with Gasteiger partial charge in [-0.05, 0) is 19.3 Å². The summed E-state index contributed by atoms with van der Waals surface area (Å²) in [6.45, 7) is 6.70. The number of rotatable bonds is 3. The van der Waals surface area contributed by atoms with E-state index in [4.69, 9.17) is 0 Å². The number of aldehydes is 1. The highest BCUT2D eigenvalue weighted by Crippen LogP contribution is 2.40. The van der Waals surface area contributed by atoms with E-state index in [1.807, 2.05) is 13.8 Å². The molecule has 2 aliphatic rings. The first-order valence-electron chi connectivity index (χ1n) is 6.86. The van der Waals surface area contributed by atoms with E-state index in [0.29, 0.717) is 5.92 Å². The molecule has 1 saturated heterocycles. The normalized spacial score (nSPS) is 35.4. The molecule has 1 aliphatic carbocycles. The summed E-state index contributed by atoms with van der Waals surface area (Å²) >= 11 is 0. The molecule has 3 nitrogen and oxygen atoms in total. The number of carbonyl (C=O) groups excluding carboxylic acids is 1. The van der Waals surface area contributed by atoms with Gasteiger partial charge in [-0.3, -0.25) is 0 Å². The van der Waals surface area contributed by atoms with Gasteiger partial charge in [0.2, 0.25) is 0 Å². The minimum Gasteiger partial charge on any atom is -0.390 e. The van der Waals surface area contributed by atoms with Crippen LogP contribution in [0.3, 0.4) is 0 Å². The number of piperidine rings is 1. The van der Waals surface area contributed by atoms with Crippen molar-refractivity contribution in [3.63, 3.8) is 0 Å². The molecule has 17 heavy (non-hydrogen) atoms. The number of hydrogen-bond donors (Lipinski definition) is 1. The zero-order valence-electron chi connectivity index (χ0n) is 11.1. The molecule has 0 radical (unpaired) electrons. The number of aliphatic hydroxyl groups is 1. The van der Waals surface area contributed by atoms with Crippen molar-refractivity contribution in [1.29, 1.82) is 0 Å². The van der Waals surface area contributed by atoms with E-state index in [2.05, 4.69) is 4.90 Å². The molecule has 2 rings (SSSR count). The van der Waals surface area contributed by atoms with Crippen molar-refractivity contribution in [1.82, 2.24) is 4.90 Å². The van der Waals surface area contributed by atoms with Crippen LogP contribution in [0.15, 0.2) is 0 Å². The smallest absolute Gasteiger partial charge is 0.126 e. The maximum absolute atomic E-state index is 11.0. The highest BCUT2D eigenvalue weighted by atomic mass is 16.3. The fourth-order valence-electron chi connectivity index (χ4n) is 3.40. The summed E-state index contributed by atoms with van der Waals surface area (Å²) in [6.07, 6.45) is 6.48. The van der Waals surface area contributed by atoms with E-state index >= 15 is 0 Å². The third-order valence-electron chi connectivity index (χ3n) is 4.46. The van der Waals surface area contributed by atoms with E-state index in [1.165, 1.54) is 12.8 Å². The van der Waals surface area contributed by atoms with E-state index < -0.39 is 5.60 Å². The van der Waals surface area contributed by atoms with Crippen LogP contribution < -0.4 is 0 Å². The maximum Gasteiger partial charge on any atom is 0.126 e. The predicted molar refractivity (Wildman–Crippen MR) is 67.8 cm³/mol. The SMILES string of the molecule is CC(C)(C=O)CN1CCC2(O)CCCCC2C1. The molecule has 0 aromatic rings. The number of likely N-dealkylation sites (tertiary alicyclic amines) is 1. The molecule has 0 bridgehead atoms. The van der Waals surface area contributed by atoms with Crippen molar-refractivity contribution in [2.45, 2.75) is 51.6 Å². The second-order valence-electron chi connectivity index (χ2n) is 6.64. The van der Waals surface area contributed by atoms with Gasteiger partial charge in [0.05, 0.1) is 5.60 Å². The Morgan fingerprint density at radius 2 is 2.18 bits per heavy atom. The molecule has 0 aromatic heterocycles. The summed E-state index contributed by atoms with van der Waals surface area (Å²) in [5, 5.41) is 10.6. The van der Waals surface area contributed by atoms with Gasteiger partial charge < -0.3 is 14.8 Å². The van der Waals surface area contributed by atoms with Crippen LogP contribution in [0.2, 0.25) is 0 Å². The van der Waals surface area contributed by atoms with Gasteiger partial charge in [0, 0.05) is 31.0 Å². The van der Waals surface area contributed by atoms with Crippen molar-refractivity contribution in [3.8, 4) is 0 Å². The lowest BCUT2D eigenvalue weighted by Crippen LogP contribution is -2.54. The summed E-state index contributed by atoms with van der Waals surface area (Å²) < 4.78 is 0. The third kappa shape index (κ3) is 2.89. The topological polar surface area (TPSA) is 40.5 Å². The standard InChI is InChI=1S/C14H25NO2/c1-13(2,11-16)10-15-8-7-14(17)6-4-3-5-12(14)9-15/h11-12,17H,3-10H2,1-2H3. The molecule has 1 saturated carbocycles. The third-order valence-corrected chi connectivity index (χ3v) is 4.46. The van der Waals surface area contributed by atoms with Crippen molar-refractivity contribution in [3.05, 3.63) is 0 Å². The Hall–Kier alpha value is -0.410. The number of hydrogen-bond acceptors (Lipinski definition) is 3.